The number of hydrogen-bond donors (Lipinski definition) is 1. The minimum absolute atomic E-state index is 0.128. The van der Waals surface area contributed by atoms with Crippen LogP contribution in [-0.4, -0.2) is 27.0 Å². The molecule has 1 atom stereocenters. The Morgan fingerprint density at radius 1 is 1.19 bits per heavy atom. The van der Waals surface area contributed by atoms with Crippen LogP contribution >= 0.6 is 0 Å². The molecule has 3 rings (SSSR count). The fraction of sp³-hybridized carbons (Fsp3) is 0.294. The lowest BCUT2D eigenvalue weighted by atomic mass is 9.99. The second-order valence-electron chi connectivity index (χ2n) is 5.02. The van der Waals surface area contributed by atoms with Gasteiger partial charge in [-0.2, -0.15) is 0 Å². The highest BCUT2D eigenvalue weighted by Gasteiger charge is 2.23. The Bertz CT molecular complexity index is 654. The number of benzene rings is 2. The highest BCUT2D eigenvalue weighted by molar-refractivity contribution is 5.77. The van der Waals surface area contributed by atoms with Gasteiger partial charge in [-0.3, -0.25) is 5.32 Å². The van der Waals surface area contributed by atoms with Gasteiger partial charge in [-0.05, 0) is 43.3 Å². The average molecular weight is 285 g/mol. The van der Waals surface area contributed by atoms with Crippen molar-refractivity contribution in [2.45, 2.75) is 13.2 Å². The maximum absolute atomic E-state index is 6.01. The summed E-state index contributed by atoms with van der Waals surface area (Å²) in [5.74, 6) is 2.43. The topological polar surface area (TPSA) is 39.7 Å². The van der Waals surface area contributed by atoms with Crippen LogP contribution in [0.2, 0.25) is 0 Å². The standard InChI is InChI=1S/C17H19NO3/c1-11-9-12(19-3)7-8-13(11)14-5-4-6-15-17(14)21-16(18-2)10-20-15/h4-9,16,18H,10H2,1-3H3/t16-/m0/s1. The highest BCUT2D eigenvalue weighted by atomic mass is 16.6. The predicted molar refractivity (Wildman–Crippen MR) is 82.1 cm³/mol. The van der Waals surface area contributed by atoms with Crippen LogP contribution in [0.3, 0.4) is 0 Å². The van der Waals surface area contributed by atoms with E-state index in [1.165, 1.54) is 0 Å². The van der Waals surface area contributed by atoms with Crippen molar-refractivity contribution >= 4 is 0 Å². The van der Waals surface area contributed by atoms with E-state index >= 15 is 0 Å². The van der Waals surface area contributed by atoms with Gasteiger partial charge in [0.25, 0.3) is 0 Å². The number of nitrogens with one attached hydrogen (secondary N) is 1. The molecule has 0 fully saturated rings. The van der Waals surface area contributed by atoms with E-state index in [1.54, 1.807) is 7.11 Å². The lowest BCUT2D eigenvalue weighted by Gasteiger charge is -2.28. The van der Waals surface area contributed by atoms with Gasteiger partial charge < -0.3 is 14.2 Å². The summed E-state index contributed by atoms with van der Waals surface area (Å²) in [6.45, 7) is 2.57. The summed E-state index contributed by atoms with van der Waals surface area (Å²) in [6, 6.07) is 12.0. The number of fused-ring (bicyclic) bond motifs is 1. The molecule has 0 saturated heterocycles. The van der Waals surface area contributed by atoms with E-state index in [0.29, 0.717) is 6.61 Å². The number of rotatable bonds is 3. The molecule has 0 spiro atoms. The number of likely N-dealkylation sites (N-methyl/N-ethyl adjacent to an activating group) is 1. The summed E-state index contributed by atoms with van der Waals surface area (Å²) in [6.07, 6.45) is -0.128. The van der Waals surface area contributed by atoms with Gasteiger partial charge in [-0.15, -0.1) is 0 Å². The number of hydrogen-bond acceptors (Lipinski definition) is 4. The van der Waals surface area contributed by atoms with Gasteiger partial charge in [0.1, 0.15) is 12.4 Å². The molecule has 0 aromatic heterocycles. The quantitative estimate of drug-likeness (QED) is 0.941. The van der Waals surface area contributed by atoms with E-state index < -0.39 is 0 Å². The second kappa shape index (κ2) is 5.66. The summed E-state index contributed by atoms with van der Waals surface area (Å²) in [5, 5.41) is 3.09. The van der Waals surface area contributed by atoms with E-state index in [4.69, 9.17) is 14.2 Å². The van der Waals surface area contributed by atoms with Gasteiger partial charge in [0.15, 0.2) is 17.7 Å². The van der Waals surface area contributed by atoms with Crippen LogP contribution in [0, 0.1) is 6.92 Å². The van der Waals surface area contributed by atoms with Crippen molar-refractivity contribution in [3.63, 3.8) is 0 Å². The maximum atomic E-state index is 6.01. The van der Waals surface area contributed by atoms with E-state index in [0.717, 1.165) is 33.9 Å². The zero-order valence-electron chi connectivity index (χ0n) is 12.5. The number of aryl methyl sites for hydroxylation is 1. The van der Waals surface area contributed by atoms with Gasteiger partial charge >= 0.3 is 0 Å². The van der Waals surface area contributed by atoms with E-state index in [9.17, 15) is 0 Å². The first-order chi connectivity index (χ1) is 10.2. The second-order valence-corrected chi connectivity index (χ2v) is 5.02. The fourth-order valence-electron chi connectivity index (χ4n) is 2.51. The van der Waals surface area contributed by atoms with Crippen LogP contribution in [0.4, 0.5) is 0 Å². The van der Waals surface area contributed by atoms with Gasteiger partial charge in [-0.1, -0.05) is 18.2 Å². The van der Waals surface area contributed by atoms with E-state index in [1.807, 2.05) is 31.3 Å². The van der Waals surface area contributed by atoms with Gasteiger partial charge in [0.05, 0.1) is 7.11 Å². The average Bonchev–Trinajstić information content (AvgIpc) is 2.53. The van der Waals surface area contributed by atoms with Crippen molar-refractivity contribution in [1.29, 1.82) is 0 Å². The molecule has 1 heterocycles. The van der Waals surface area contributed by atoms with Crippen molar-refractivity contribution in [3.8, 4) is 28.4 Å². The van der Waals surface area contributed by atoms with Crippen molar-refractivity contribution in [3.05, 3.63) is 42.0 Å². The Hall–Kier alpha value is -2.20. The predicted octanol–water partition coefficient (Wildman–Crippen LogP) is 2.99. The van der Waals surface area contributed by atoms with Crippen LogP contribution in [0.25, 0.3) is 11.1 Å². The summed E-state index contributed by atoms with van der Waals surface area (Å²) < 4.78 is 17.0. The molecule has 0 aliphatic carbocycles. The minimum Gasteiger partial charge on any atom is -0.497 e. The van der Waals surface area contributed by atoms with Crippen molar-refractivity contribution < 1.29 is 14.2 Å². The van der Waals surface area contributed by atoms with Crippen LogP contribution in [0.1, 0.15) is 5.56 Å². The molecule has 4 heteroatoms. The lowest BCUT2D eigenvalue weighted by molar-refractivity contribution is 0.0733. The van der Waals surface area contributed by atoms with E-state index in [-0.39, 0.29) is 6.23 Å². The van der Waals surface area contributed by atoms with Crippen LogP contribution in [-0.2, 0) is 0 Å². The molecule has 0 saturated carbocycles. The first-order valence-corrected chi connectivity index (χ1v) is 6.97. The molecular formula is C17H19NO3. The van der Waals surface area contributed by atoms with Crippen molar-refractivity contribution in [2.24, 2.45) is 0 Å². The Labute approximate surface area is 124 Å². The fourth-order valence-corrected chi connectivity index (χ4v) is 2.51. The zero-order valence-corrected chi connectivity index (χ0v) is 12.5. The molecule has 0 unspecified atom stereocenters. The van der Waals surface area contributed by atoms with Gasteiger partial charge in [0.2, 0.25) is 0 Å². The Balaban J connectivity index is 2.07. The van der Waals surface area contributed by atoms with Crippen LogP contribution < -0.4 is 19.5 Å². The molecule has 0 radical (unpaired) electrons. The van der Waals surface area contributed by atoms with Crippen molar-refractivity contribution in [1.82, 2.24) is 5.32 Å². The van der Waals surface area contributed by atoms with Crippen molar-refractivity contribution in [2.75, 3.05) is 20.8 Å². The lowest BCUT2D eigenvalue weighted by Crippen LogP contribution is -2.39. The molecular weight excluding hydrogens is 266 g/mol. The third-order valence-corrected chi connectivity index (χ3v) is 3.67. The van der Waals surface area contributed by atoms with Crippen LogP contribution in [0.5, 0.6) is 17.2 Å². The molecule has 0 amide bonds. The molecule has 2 aromatic carbocycles. The third-order valence-electron chi connectivity index (χ3n) is 3.67. The smallest absolute Gasteiger partial charge is 0.184 e. The third kappa shape index (κ3) is 2.54. The molecule has 21 heavy (non-hydrogen) atoms. The summed E-state index contributed by atoms with van der Waals surface area (Å²) in [4.78, 5) is 0. The first kappa shape index (κ1) is 13.8. The van der Waals surface area contributed by atoms with E-state index in [2.05, 4.69) is 24.4 Å². The molecule has 110 valence electrons. The maximum Gasteiger partial charge on any atom is 0.184 e. The summed E-state index contributed by atoms with van der Waals surface area (Å²) >= 11 is 0. The summed E-state index contributed by atoms with van der Waals surface area (Å²) in [5.41, 5.74) is 3.29. The summed E-state index contributed by atoms with van der Waals surface area (Å²) in [7, 11) is 3.54. The molecule has 4 nitrogen and oxygen atoms in total. The Kier molecular flexibility index (Phi) is 3.71. The van der Waals surface area contributed by atoms with Gasteiger partial charge in [0, 0.05) is 5.56 Å². The monoisotopic (exact) mass is 285 g/mol. The number of para-hydroxylation sites is 1. The Morgan fingerprint density at radius 2 is 2.05 bits per heavy atom. The molecule has 1 N–H and O–H groups in total. The molecule has 0 bridgehead atoms. The largest absolute Gasteiger partial charge is 0.497 e. The normalized spacial score (nSPS) is 16.6. The zero-order chi connectivity index (χ0) is 14.8. The highest BCUT2D eigenvalue weighted by Crippen LogP contribution is 2.42. The number of ether oxygens (including phenoxy) is 3. The molecule has 1 aliphatic rings. The van der Waals surface area contributed by atoms with Crippen LogP contribution in [0.15, 0.2) is 36.4 Å². The number of methoxy groups -OCH3 is 1. The first-order valence-electron chi connectivity index (χ1n) is 6.97. The molecule has 2 aromatic rings. The minimum atomic E-state index is -0.128. The SMILES string of the molecule is CN[C@@H]1COc2cccc(-c3ccc(OC)cc3C)c2O1. The Morgan fingerprint density at radius 3 is 2.76 bits per heavy atom. The van der Waals surface area contributed by atoms with Gasteiger partial charge in [-0.25, -0.2) is 0 Å². The molecule has 1 aliphatic heterocycles.